The summed E-state index contributed by atoms with van der Waals surface area (Å²) in [5.41, 5.74) is 3.88. The number of amides is 1. The van der Waals surface area contributed by atoms with Crippen LogP contribution in [0.5, 0.6) is 0 Å². The first kappa shape index (κ1) is 17.3. The molecule has 25 heavy (non-hydrogen) atoms. The van der Waals surface area contributed by atoms with Gasteiger partial charge in [-0.3, -0.25) is 9.69 Å². The van der Waals surface area contributed by atoms with Crippen molar-refractivity contribution in [2.45, 2.75) is 26.8 Å². The van der Waals surface area contributed by atoms with Gasteiger partial charge in [0.25, 0.3) is 5.91 Å². The molecule has 2 aromatic heterocycles. The molecular formula is C20H24N2O3. The van der Waals surface area contributed by atoms with Gasteiger partial charge in [-0.2, -0.15) is 0 Å². The molecule has 1 unspecified atom stereocenters. The maximum absolute atomic E-state index is 12.7. The second kappa shape index (κ2) is 6.76. The van der Waals surface area contributed by atoms with E-state index in [0.29, 0.717) is 12.3 Å². The largest absolute Gasteiger partial charge is 0.468 e. The number of benzene rings is 1. The van der Waals surface area contributed by atoms with Crippen molar-refractivity contribution >= 4 is 16.9 Å². The molecule has 0 radical (unpaired) electrons. The Morgan fingerprint density at radius 2 is 2.00 bits per heavy atom. The Kier molecular flexibility index (Phi) is 4.68. The average Bonchev–Trinajstić information content (AvgIpc) is 3.15. The highest BCUT2D eigenvalue weighted by atomic mass is 16.3. The van der Waals surface area contributed by atoms with Crippen LogP contribution in [-0.4, -0.2) is 31.4 Å². The van der Waals surface area contributed by atoms with Crippen LogP contribution in [0.15, 0.2) is 39.4 Å². The van der Waals surface area contributed by atoms with Crippen LogP contribution >= 0.6 is 0 Å². The lowest BCUT2D eigenvalue weighted by molar-refractivity contribution is 0.0912. The van der Waals surface area contributed by atoms with Gasteiger partial charge in [0.1, 0.15) is 11.3 Å². The second-order valence-corrected chi connectivity index (χ2v) is 6.72. The molecule has 1 N–H and O–H groups in total. The molecule has 0 saturated carbocycles. The quantitative estimate of drug-likeness (QED) is 0.763. The number of hydrogen-bond donors (Lipinski definition) is 1. The lowest BCUT2D eigenvalue weighted by Gasteiger charge is -2.22. The SMILES string of the molecule is Cc1cc(C)c2c(C)c(C(=O)NCC(c3ccco3)N(C)C)oc2c1. The van der Waals surface area contributed by atoms with E-state index in [1.807, 2.05) is 58.0 Å². The van der Waals surface area contributed by atoms with Crippen molar-refractivity contribution in [2.75, 3.05) is 20.6 Å². The molecule has 1 atom stereocenters. The summed E-state index contributed by atoms with van der Waals surface area (Å²) < 4.78 is 11.3. The van der Waals surface area contributed by atoms with Crippen molar-refractivity contribution in [3.8, 4) is 0 Å². The Morgan fingerprint density at radius 3 is 2.64 bits per heavy atom. The molecular weight excluding hydrogens is 316 g/mol. The number of likely N-dealkylation sites (N-methyl/N-ethyl adjacent to an activating group) is 1. The van der Waals surface area contributed by atoms with Crippen molar-refractivity contribution in [2.24, 2.45) is 0 Å². The van der Waals surface area contributed by atoms with E-state index in [4.69, 9.17) is 8.83 Å². The number of hydrogen-bond acceptors (Lipinski definition) is 4. The Bertz CT molecular complexity index is 891. The first-order valence-electron chi connectivity index (χ1n) is 8.37. The fraction of sp³-hybridized carbons (Fsp3) is 0.350. The molecule has 0 aliphatic heterocycles. The van der Waals surface area contributed by atoms with Gasteiger partial charge in [0.15, 0.2) is 5.76 Å². The third-order valence-corrected chi connectivity index (χ3v) is 4.53. The van der Waals surface area contributed by atoms with Gasteiger partial charge in [-0.1, -0.05) is 6.07 Å². The van der Waals surface area contributed by atoms with Crippen LogP contribution in [0.1, 0.15) is 39.0 Å². The molecule has 5 nitrogen and oxygen atoms in total. The highest BCUT2D eigenvalue weighted by molar-refractivity contribution is 6.00. The smallest absolute Gasteiger partial charge is 0.287 e. The molecule has 3 aromatic rings. The lowest BCUT2D eigenvalue weighted by Crippen LogP contribution is -2.34. The second-order valence-electron chi connectivity index (χ2n) is 6.72. The fourth-order valence-corrected chi connectivity index (χ4v) is 3.29. The summed E-state index contributed by atoms with van der Waals surface area (Å²) in [6.45, 7) is 6.43. The van der Waals surface area contributed by atoms with Gasteiger partial charge < -0.3 is 14.2 Å². The van der Waals surface area contributed by atoms with Crippen LogP contribution in [-0.2, 0) is 0 Å². The van der Waals surface area contributed by atoms with Crippen molar-refractivity contribution < 1.29 is 13.6 Å². The van der Waals surface area contributed by atoms with E-state index in [9.17, 15) is 4.79 Å². The minimum Gasteiger partial charge on any atom is -0.468 e. The Hall–Kier alpha value is -2.53. The number of nitrogens with one attached hydrogen (secondary N) is 1. The number of rotatable bonds is 5. The Morgan fingerprint density at radius 1 is 1.24 bits per heavy atom. The van der Waals surface area contributed by atoms with Crippen molar-refractivity contribution in [1.82, 2.24) is 10.2 Å². The highest BCUT2D eigenvalue weighted by Crippen LogP contribution is 2.29. The van der Waals surface area contributed by atoms with Crippen LogP contribution in [0.4, 0.5) is 0 Å². The van der Waals surface area contributed by atoms with E-state index >= 15 is 0 Å². The lowest BCUT2D eigenvalue weighted by atomic mass is 10.0. The van der Waals surface area contributed by atoms with Crippen LogP contribution < -0.4 is 5.32 Å². The zero-order valence-corrected chi connectivity index (χ0v) is 15.3. The third kappa shape index (κ3) is 3.33. The first-order valence-corrected chi connectivity index (χ1v) is 8.37. The number of aryl methyl sites for hydroxylation is 3. The molecule has 0 bridgehead atoms. The highest BCUT2D eigenvalue weighted by Gasteiger charge is 2.22. The van der Waals surface area contributed by atoms with Gasteiger partial charge in [-0.05, 0) is 64.2 Å². The number of fused-ring (bicyclic) bond motifs is 1. The summed E-state index contributed by atoms with van der Waals surface area (Å²) in [6, 6.07) is 7.80. The van der Waals surface area contributed by atoms with Crippen molar-refractivity contribution in [3.63, 3.8) is 0 Å². The first-order chi connectivity index (χ1) is 11.9. The number of carbonyl (C=O) groups is 1. The van der Waals surface area contributed by atoms with Gasteiger partial charge in [0.05, 0.1) is 12.3 Å². The normalized spacial score (nSPS) is 12.7. The number of nitrogens with zero attached hydrogens (tertiary/aromatic N) is 1. The molecule has 1 aromatic carbocycles. The summed E-state index contributed by atoms with van der Waals surface area (Å²) in [4.78, 5) is 14.7. The van der Waals surface area contributed by atoms with E-state index in [2.05, 4.69) is 11.4 Å². The Balaban J connectivity index is 1.83. The summed E-state index contributed by atoms with van der Waals surface area (Å²) in [5.74, 6) is 0.989. The van der Waals surface area contributed by atoms with Crippen molar-refractivity contribution in [3.05, 3.63) is 58.7 Å². The maximum atomic E-state index is 12.7. The molecule has 0 aliphatic carbocycles. The fourth-order valence-electron chi connectivity index (χ4n) is 3.29. The van der Waals surface area contributed by atoms with Crippen LogP contribution in [0.3, 0.4) is 0 Å². The standard InChI is InChI=1S/C20H24N2O3/c1-12-9-13(2)18-14(3)19(25-17(18)10-12)20(23)21-11-15(22(4)5)16-7-6-8-24-16/h6-10,15H,11H2,1-5H3,(H,21,23). The van der Waals surface area contributed by atoms with Gasteiger partial charge in [-0.25, -0.2) is 0 Å². The molecule has 132 valence electrons. The third-order valence-electron chi connectivity index (χ3n) is 4.53. The van der Waals surface area contributed by atoms with E-state index in [1.54, 1.807) is 6.26 Å². The van der Waals surface area contributed by atoms with E-state index < -0.39 is 0 Å². The molecule has 0 fully saturated rings. The molecule has 1 amide bonds. The van der Waals surface area contributed by atoms with E-state index in [1.165, 1.54) is 0 Å². The van der Waals surface area contributed by atoms with Crippen molar-refractivity contribution in [1.29, 1.82) is 0 Å². The van der Waals surface area contributed by atoms with Gasteiger partial charge in [0, 0.05) is 17.5 Å². The van der Waals surface area contributed by atoms with Crippen LogP contribution in [0, 0.1) is 20.8 Å². The van der Waals surface area contributed by atoms with Gasteiger partial charge in [0.2, 0.25) is 0 Å². The predicted octanol–water partition coefficient (Wildman–Crippen LogP) is 3.98. The maximum Gasteiger partial charge on any atom is 0.287 e. The van der Waals surface area contributed by atoms with E-state index in [0.717, 1.165) is 33.4 Å². The van der Waals surface area contributed by atoms with E-state index in [-0.39, 0.29) is 11.9 Å². The molecule has 0 saturated heterocycles. The predicted molar refractivity (Wildman–Crippen MR) is 97.9 cm³/mol. The summed E-state index contributed by atoms with van der Waals surface area (Å²) in [5, 5.41) is 3.99. The summed E-state index contributed by atoms with van der Waals surface area (Å²) in [6.07, 6.45) is 1.64. The molecule has 0 aliphatic rings. The van der Waals surface area contributed by atoms with Crippen LogP contribution in [0.2, 0.25) is 0 Å². The summed E-state index contributed by atoms with van der Waals surface area (Å²) >= 11 is 0. The van der Waals surface area contributed by atoms with Gasteiger partial charge >= 0.3 is 0 Å². The van der Waals surface area contributed by atoms with Crippen LogP contribution in [0.25, 0.3) is 11.0 Å². The number of furan rings is 2. The molecule has 5 heteroatoms. The monoisotopic (exact) mass is 340 g/mol. The zero-order chi connectivity index (χ0) is 18.1. The van der Waals surface area contributed by atoms with Gasteiger partial charge in [-0.15, -0.1) is 0 Å². The summed E-state index contributed by atoms with van der Waals surface area (Å²) in [7, 11) is 3.91. The zero-order valence-electron chi connectivity index (χ0n) is 15.3. The Labute approximate surface area is 147 Å². The topological polar surface area (TPSA) is 58.6 Å². The average molecular weight is 340 g/mol. The molecule has 3 rings (SSSR count). The number of carbonyl (C=O) groups excluding carboxylic acids is 1. The molecule has 2 heterocycles. The minimum atomic E-state index is -0.204. The minimum absolute atomic E-state index is 0.0346. The molecule has 0 spiro atoms.